The SMILES string of the molecule is CCOC[C@@H](O)CN(Cc1ccc(F)cc1)C[C@H]1CC(c2ccc(Cl)cc2)=NO1. The number of halogens is 2. The van der Waals surface area contributed by atoms with E-state index in [1.54, 1.807) is 12.1 Å². The summed E-state index contributed by atoms with van der Waals surface area (Å²) < 4.78 is 18.5. The van der Waals surface area contributed by atoms with Crippen LogP contribution in [0.15, 0.2) is 53.7 Å². The molecule has 2 aromatic rings. The van der Waals surface area contributed by atoms with Gasteiger partial charge in [0.05, 0.1) is 18.4 Å². The molecule has 0 radical (unpaired) electrons. The largest absolute Gasteiger partial charge is 0.390 e. The normalized spacial score (nSPS) is 17.3. The van der Waals surface area contributed by atoms with Crippen LogP contribution in [0, 0.1) is 5.82 Å². The summed E-state index contributed by atoms with van der Waals surface area (Å²) in [6.07, 6.45) is -0.0720. The number of oxime groups is 1. The summed E-state index contributed by atoms with van der Waals surface area (Å²) in [6, 6.07) is 13.9. The lowest BCUT2D eigenvalue weighted by Gasteiger charge is -2.27. The molecule has 0 aromatic heterocycles. The molecule has 0 unspecified atom stereocenters. The van der Waals surface area contributed by atoms with Crippen LogP contribution in [0.25, 0.3) is 0 Å². The monoisotopic (exact) mass is 420 g/mol. The third kappa shape index (κ3) is 6.78. The molecule has 2 atom stereocenters. The van der Waals surface area contributed by atoms with Crippen LogP contribution < -0.4 is 0 Å². The fourth-order valence-corrected chi connectivity index (χ4v) is 3.41. The number of benzene rings is 2. The summed E-state index contributed by atoms with van der Waals surface area (Å²) >= 11 is 5.95. The topological polar surface area (TPSA) is 54.3 Å². The minimum absolute atomic E-state index is 0.125. The number of aliphatic hydroxyl groups is 1. The molecule has 1 aliphatic rings. The van der Waals surface area contributed by atoms with E-state index in [0.717, 1.165) is 16.8 Å². The third-order valence-corrected chi connectivity index (χ3v) is 4.93. The van der Waals surface area contributed by atoms with Gasteiger partial charge in [-0.05, 0) is 42.3 Å². The molecule has 1 N–H and O–H groups in total. The van der Waals surface area contributed by atoms with Gasteiger partial charge in [-0.1, -0.05) is 41.0 Å². The molecule has 0 aliphatic carbocycles. The molecular weight excluding hydrogens is 395 g/mol. The molecule has 1 heterocycles. The van der Waals surface area contributed by atoms with E-state index in [4.69, 9.17) is 21.2 Å². The van der Waals surface area contributed by atoms with Gasteiger partial charge in [-0.2, -0.15) is 0 Å². The molecule has 0 fully saturated rings. The Morgan fingerprint density at radius 2 is 1.97 bits per heavy atom. The van der Waals surface area contributed by atoms with Crippen molar-refractivity contribution in [3.8, 4) is 0 Å². The Bertz CT molecular complexity index is 799. The van der Waals surface area contributed by atoms with Gasteiger partial charge in [-0.3, -0.25) is 4.90 Å². The predicted octanol–water partition coefficient (Wildman–Crippen LogP) is 3.87. The van der Waals surface area contributed by atoms with Crippen molar-refractivity contribution in [1.29, 1.82) is 0 Å². The maximum absolute atomic E-state index is 13.2. The summed E-state index contributed by atoms with van der Waals surface area (Å²) in [5, 5.41) is 15.2. The van der Waals surface area contributed by atoms with Crippen molar-refractivity contribution in [2.24, 2.45) is 5.16 Å². The van der Waals surface area contributed by atoms with Crippen LogP contribution in [-0.2, 0) is 16.1 Å². The molecule has 2 aromatic carbocycles. The highest BCUT2D eigenvalue weighted by atomic mass is 35.5. The van der Waals surface area contributed by atoms with Crippen molar-refractivity contribution in [3.63, 3.8) is 0 Å². The van der Waals surface area contributed by atoms with Crippen LogP contribution in [0.2, 0.25) is 5.02 Å². The number of hydrogen-bond donors (Lipinski definition) is 1. The van der Waals surface area contributed by atoms with Crippen LogP contribution in [-0.4, -0.2) is 54.2 Å². The van der Waals surface area contributed by atoms with Crippen molar-refractivity contribution in [3.05, 3.63) is 70.5 Å². The minimum atomic E-state index is -0.617. The summed E-state index contributed by atoms with van der Waals surface area (Å²) in [7, 11) is 0. The average molecular weight is 421 g/mol. The predicted molar refractivity (Wildman–Crippen MR) is 112 cm³/mol. The maximum Gasteiger partial charge on any atom is 0.145 e. The van der Waals surface area contributed by atoms with E-state index in [1.807, 2.05) is 31.2 Å². The second-order valence-electron chi connectivity index (χ2n) is 7.11. The Balaban J connectivity index is 1.61. The molecule has 156 valence electrons. The molecule has 3 rings (SSSR count). The fraction of sp³-hybridized carbons (Fsp3) is 0.409. The number of aliphatic hydroxyl groups excluding tert-OH is 1. The van der Waals surface area contributed by atoms with Gasteiger partial charge in [-0.25, -0.2) is 4.39 Å². The summed E-state index contributed by atoms with van der Waals surface area (Å²) in [6.45, 7) is 4.30. The van der Waals surface area contributed by atoms with Crippen molar-refractivity contribution in [1.82, 2.24) is 4.90 Å². The first-order valence-electron chi connectivity index (χ1n) is 9.74. The summed E-state index contributed by atoms with van der Waals surface area (Å²) in [4.78, 5) is 7.73. The second-order valence-corrected chi connectivity index (χ2v) is 7.55. The molecule has 0 amide bonds. The van der Waals surface area contributed by atoms with E-state index in [1.165, 1.54) is 12.1 Å². The van der Waals surface area contributed by atoms with Gasteiger partial charge in [0.25, 0.3) is 0 Å². The van der Waals surface area contributed by atoms with E-state index in [2.05, 4.69) is 10.1 Å². The number of nitrogens with zero attached hydrogens (tertiary/aromatic N) is 2. The number of ether oxygens (including phenoxy) is 1. The quantitative estimate of drug-likeness (QED) is 0.634. The first-order valence-corrected chi connectivity index (χ1v) is 10.1. The van der Waals surface area contributed by atoms with Gasteiger partial charge in [0.1, 0.15) is 11.9 Å². The van der Waals surface area contributed by atoms with Crippen molar-refractivity contribution < 1.29 is 19.1 Å². The van der Waals surface area contributed by atoms with E-state index in [-0.39, 0.29) is 18.5 Å². The Morgan fingerprint density at radius 1 is 1.24 bits per heavy atom. The summed E-state index contributed by atoms with van der Waals surface area (Å²) in [5.74, 6) is -0.267. The highest BCUT2D eigenvalue weighted by Crippen LogP contribution is 2.20. The van der Waals surface area contributed by atoms with Crippen LogP contribution in [0.4, 0.5) is 4.39 Å². The molecule has 5 nitrogen and oxygen atoms in total. The molecular formula is C22H26ClFN2O3. The van der Waals surface area contributed by atoms with Crippen LogP contribution in [0.5, 0.6) is 0 Å². The zero-order chi connectivity index (χ0) is 20.6. The van der Waals surface area contributed by atoms with E-state index >= 15 is 0 Å². The average Bonchev–Trinajstić information content (AvgIpc) is 3.17. The van der Waals surface area contributed by atoms with Crippen molar-refractivity contribution in [2.45, 2.75) is 32.1 Å². The van der Waals surface area contributed by atoms with Crippen LogP contribution in [0.3, 0.4) is 0 Å². The van der Waals surface area contributed by atoms with Gasteiger partial charge in [0, 0.05) is 37.7 Å². The number of rotatable bonds is 10. The molecule has 0 bridgehead atoms. The molecule has 1 aliphatic heterocycles. The minimum Gasteiger partial charge on any atom is -0.390 e. The zero-order valence-corrected chi connectivity index (χ0v) is 17.2. The summed E-state index contributed by atoms with van der Waals surface area (Å²) in [5.41, 5.74) is 2.83. The Hall–Kier alpha value is -1.99. The lowest BCUT2D eigenvalue weighted by molar-refractivity contribution is 0.000489. The Kier molecular flexibility index (Phi) is 8.00. The highest BCUT2D eigenvalue weighted by Gasteiger charge is 2.25. The van der Waals surface area contributed by atoms with Crippen LogP contribution in [0.1, 0.15) is 24.5 Å². The zero-order valence-electron chi connectivity index (χ0n) is 16.4. The first kappa shape index (κ1) is 21.7. The number of hydrogen-bond acceptors (Lipinski definition) is 5. The standard InChI is InChI=1S/C22H26ClFN2O3/c1-2-28-15-20(27)13-26(12-16-3-9-19(24)10-4-16)14-21-11-22(25-29-21)17-5-7-18(23)8-6-17/h3-10,20-21,27H,2,11-15H2,1H3/t20-,21+/m0/s1. The van der Waals surface area contributed by atoms with E-state index < -0.39 is 6.10 Å². The maximum atomic E-state index is 13.2. The molecule has 29 heavy (non-hydrogen) atoms. The van der Waals surface area contributed by atoms with E-state index in [0.29, 0.717) is 37.7 Å². The van der Waals surface area contributed by atoms with Gasteiger partial charge in [-0.15, -0.1) is 0 Å². The fourth-order valence-electron chi connectivity index (χ4n) is 3.28. The molecule has 0 saturated carbocycles. The molecule has 0 saturated heterocycles. The third-order valence-electron chi connectivity index (χ3n) is 4.68. The van der Waals surface area contributed by atoms with Crippen LogP contribution >= 0.6 is 11.6 Å². The first-order chi connectivity index (χ1) is 14.0. The van der Waals surface area contributed by atoms with Gasteiger partial charge in [0.2, 0.25) is 0 Å². The lowest BCUT2D eigenvalue weighted by Crippen LogP contribution is -2.39. The van der Waals surface area contributed by atoms with E-state index in [9.17, 15) is 9.50 Å². The smallest absolute Gasteiger partial charge is 0.145 e. The highest BCUT2D eigenvalue weighted by molar-refractivity contribution is 6.30. The molecule has 0 spiro atoms. The second kappa shape index (κ2) is 10.7. The molecule has 7 heteroatoms. The van der Waals surface area contributed by atoms with Crippen molar-refractivity contribution >= 4 is 17.3 Å². The Morgan fingerprint density at radius 3 is 2.66 bits per heavy atom. The van der Waals surface area contributed by atoms with Gasteiger partial charge < -0.3 is 14.7 Å². The van der Waals surface area contributed by atoms with Gasteiger partial charge in [0.15, 0.2) is 0 Å². The van der Waals surface area contributed by atoms with Crippen molar-refractivity contribution in [2.75, 3.05) is 26.3 Å². The Labute approximate surface area is 175 Å². The lowest BCUT2D eigenvalue weighted by atomic mass is 10.0. The van der Waals surface area contributed by atoms with Gasteiger partial charge >= 0.3 is 0 Å².